The van der Waals surface area contributed by atoms with Crippen molar-refractivity contribution in [2.45, 2.75) is 5.92 Å². The van der Waals surface area contributed by atoms with Crippen LogP contribution in [0.5, 0.6) is 0 Å². The lowest BCUT2D eigenvalue weighted by molar-refractivity contribution is 0.0980. The molecule has 3 aromatic heterocycles. The maximum atomic E-state index is 12.5. The van der Waals surface area contributed by atoms with Gasteiger partial charge in [-0.25, -0.2) is 4.52 Å². The van der Waals surface area contributed by atoms with Crippen LogP contribution in [0.15, 0.2) is 49.3 Å². The van der Waals surface area contributed by atoms with Gasteiger partial charge < -0.3 is 0 Å². The maximum absolute atomic E-state index is 12.5. The molecule has 0 fully saturated rings. The molecule has 96 valence electrons. The number of Topliss-reactive ketones (excluding diaryl/α,β-unsaturated/α-hetero) is 1. The second-order valence-corrected chi connectivity index (χ2v) is 4.18. The minimum absolute atomic E-state index is 0.302. The highest BCUT2D eigenvalue weighted by Crippen LogP contribution is 2.21. The van der Waals surface area contributed by atoms with Crippen LogP contribution >= 0.6 is 0 Å². The highest BCUT2D eigenvalue weighted by molar-refractivity contribution is 6.07. The summed E-state index contributed by atoms with van der Waals surface area (Å²) in [6.07, 6.45) is 9.37. The van der Waals surface area contributed by atoms with Crippen molar-refractivity contribution in [2.75, 3.05) is 0 Å². The monoisotopic (exact) mass is 263 g/mol. The number of aromatic nitrogens is 4. The molecule has 0 aromatic carbocycles. The third-order valence-corrected chi connectivity index (χ3v) is 3.00. The van der Waals surface area contributed by atoms with Gasteiger partial charge in [0.05, 0.1) is 29.5 Å². The number of carbonyl (C=O) groups excluding carboxylic acids is 1. The van der Waals surface area contributed by atoms with Gasteiger partial charge >= 0.3 is 0 Å². The van der Waals surface area contributed by atoms with Crippen LogP contribution < -0.4 is 0 Å². The van der Waals surface area contributed by atoms with Crippen LogP contribution in [0.4, 0.5) is 0 Å². The second kappa shape index (κ2) is 4.90. The Labute approximate surface area is 114 Å². The minimum Gasteiger partial charge on any atom is -0.292 e. The zero-order chi connectivity index (χ0) is 13.9. The van der Waals surface area contributed by atoms with Crippen molar-refractivity contribution in [2.24, 2.45) is 0 Å². The maximum Gasteiger partial charge on any atom is 0.188 e. The summed E-state index contributed by atoms with van der Waals surface area (Å²) in [5.41, 5.74) is 1.54. The number of pyridine rings is 1. The molecule has 1 atom stereocenters. The summed E-state index contributed by atoms with van der Waals surface area (Å²) in [6, 6.07) is 5.43. The smallest absolute Gasteiger partial charge is 0.188 e. The Morgan fingerprint density at radius 1 is 1.25 bits per heavy atom. The number of hydrogen-bond donors (Lipinski definition) is 0. The molecule has 6 heteroatoms. The van der Waals surface area contributed by atoms with Crippen LogP contribution in [0.3, 0.4) is 0 Å². The summed E-state index contributed by atoms with van der Waals surface area (Å²) in [4.78, 5) is 20.4. The van der Waals surface area contributed by atoms with E-state index in [4.69, 9.17) is 0 Å². The Morgan fingerprint density at radius 3 is 2.85 bits per heavy atom. The van der Waals surface area contributed by atoms with E-state index in [9.17, 15) is 10.1 Å². The van der Waals surface area contributed by atoms with Crippen molar-refractivity contribution in [1.82, 2.24) is 19.6 Å². The first-order valence-electron chi connectivity index (χ1n) is 5.92. The number of fused-ring (bicyclic) bond motifs is 1. The number of nitriles is 1. The summed E-state index contributed by atoms with van der Waals surface area (Å²) < 4.78 is 1.55. The van der Waals surface area contributed by atoms with Gasteiger partial charge in [0.2, 0.25) is 0 Å². The Balaban J connectivity index is 2.06. The first kappa shape index (κ1) is 12.0. The van der Waals surface area contributed by atoms with Crippen molar-refractivity contribution in [3.8, 4) is 6.07 Å². The second-order valence-electron chi connectivity index (χ2n) is 4.18. The fourth-order valence-corrected chi connectivity index (χ4v) is 2.01. The van der Waals surface area contributed by atoms with Gasteiger partial charge in [-0.3, -0.25) is 14.8 Å². The fraction of sp³-hybridized carbons (Fsp3) is 0.0714. The summed E-state index contributed by atoms with van der Waals surface area (Å²) in [6.45, 7) is 0. The van der Waals surface area contributed by atoms with Gasteiger partial charge in [-0.05, 0) is 11.6 Å². The Kier molecular flexibility index (Phi) is 2.94. The fourth-order valence-electron chi connectivity index (χ4n) is 2.01. The van der Waals surface area contributed by atoms with Crippen LogP contribution in [-0.4, -0.2) is 25.4 Å². The van der Waals surface area contributed by atoms with E-state index in [1.54, 1.807) is 41.4 Å². The summed E-state index contributed by atoms with van der Waals surface area (Å²) in [7, 11) is 0. The molecule has 0 aliphatic rings. The molecule has 3 rings (SSSR count). The molecule has 3 heterocycles. The van der Waals surface area contributed by atoms with Crippen molar-refractivity contribution >= 4 is 11.3 Å². The molecule has 0 radical (unpaired) electrons. The standard InChI is InChI=1S/C14H9N5O/c15-6-11(10-2-1-3-16-7-10)14(20)12-8-18-19-5-4-17-9-13(12)19/h1-5,7-9,11H. The van der Waals surface area contributed by atoms with Gasteiger partial charge in [-0.1, -0.05) is 6.07 Å². The van der Waals surface area contributed by atoms with Gasteiger partial charge in [-0.2, -0.15) is 10.4 Å². The molecular weight excluding hydrogens is 254 g/mol. The molecule has 0 bridgehead atoms. The Hall–Kier alpha value is -3.07. The molecular formula is C14H9N5O. The summed E-state index contributed by atoms with van der Waals surface area (Å²) in [5, 5.41) is 13.4. The molecule has 0 N–H and O–H groups in total. The van der Waals surface area contributed by atoms with Crippen LogP contribution in [0, 0.1) is 11.3 Å². The van der Waals surface area contributed by atoms with Crippen LogP contribution in [0.1, 0.15) is 21.8 Å². The highest BCUT2D eigenvalue weighted by atomic mass is 16.1. The Morgan fingerprint density at radius 2 is 2.10 bits per heavy atom. The van der Waals surface area contributed by atoms with Crippen LogP contribution in [0.25, 0.3) is 5.52 Å². The third-order valence-electron chi connectivity index (χ3n) is 3.00. The first-order valence-corrected chi connectivity index (χ1v) is 5.92. The SMILES string of the molecule is N#CC(C(=O)c1cnn2ccncc12)c1cccnc1. The molecule has 6 nitrogen and oxygen atoms in total. The summed E-state index contributed by atoms with van der Waals surface area (Å²) in [5.74, 6) is -1.19. The molecule has 1 unspecified atom stereocenters. The van der Waals surface area contributed by atoms with E-state index >= 15 is 0 Å². The zero-order valence-corrected chi connectivity index (χ0v) is 10.3. The number of nitrogens with zero attached hydrogens (tertiary/aromatic N) is 5. The van der Waals surface area contributed by atoms with Crippen LogP contribution in [0.2, 0.25) is 0 Å². The average molecular weight is 263 g/mol. The number of ketones is 1. The topological polar surface area (TPSA) is 83.9 Å². The predicted octanol–water partition coefficient (Wildman–Crippen LogP) is 1.61. The van der Waals surface area contributed by atoms with Crippen molar-refractivity contribution in [1.29, 1.82) is 5.26 Å². The van der Waals surface area contributed by atoms with E-state index in [1.807, 2.05) is 6.07 Å². The number of hydrogen-bond acceptors (Lipinski definition) is 5. The normalized spacial score (nSPS) is 11.9. The van der Waals surface area contributed by atoms with Gasteiger partial charge in [0.15, 0.2) is 5.78 Å². The van der Waals surface area contributed by atoms with E-state index < -0.39 is 5.92 Å². The van der Waals surface area contributed by atoms with Gasteiger partial charge in [0.25, 0.3) is 0 Å². The lowest BCUT2D eigenvalue weighted by Crippen LogP contribution is -2.11. The third kappa shape index (κ3) is 1.91. The van der Waals surface area contributed by atoms with Crippen molar-refractivity contribution in [3.63, 3.8) is 0 Å². The van der Waals surface area contributed by atoms with Gasteiger partial charge in [-0.15, -0.1) is 0 Å². The van der Waals surface area contributed by atoms with E-state index in [1.165, 1.54) is 12.4 Å². The van der Waals surface area contributed by atoms with E-state index in [0.717, 1.165) is 0 Å². The van der Waals surface area contributed by atoms with E-state index in [2.05, 4.69) is 15.1 Å². The predicted molar refractivity (Wildman–Crippen MR) is 69.9 cm³/mol. The van der Waals surface area contributed by atoms with E-state index in [0.29, 0.717) is 16.6 Å². The molecule has 0 spiro atoms. The lowest BCUT2D eigenvalue weighted by Gasteiger charge is -2.06. The zero-order valence-electron chi connectivity index (χ0n) is 10.3. The van der Waals surface area contributed by atoms with Gasteiger partial charge in [0.1, 0.15) is 5.92 Å². The molecule has 0 aliphatic heterocycles. The molecule has 0 amide bonds. The van der Waals surface area contributed by atoms with Gasteiger partial charge in [0, 0.05) is 24.8 Å². The first-order chi connectivity index (χ1) is 9.81. The minimum atomic E-state index is -0.892. The van der Waals surface area contributed by atoms with Crippen molar-refractivity contribution in [3.05, 3.63) is 60.4 Å². The van der Waals surface area contributed by atoms with Crippen molar-refractivity contribution < 1.29 is 4.79 Å². The van der Waals surface area contributed by atoms with Crippen LogP contribution in [-0.2, 0) is 0 Å². The molecule has 0 saturated heterocycles. The lowest BCUT2D eigenvalue weighted by atomic mass is 9.94. The van der Waals surface area contributed by atoms with E-state index in [-0.39, 0.29) is 5.78 Å². The molecule has 0 aliphatic carbocycles. The largest absolute Gasteiger partial charge is 0.292 e. The summed E-state index contributed by atoms with van der Waals surface area (Å²) >= 11 is 0. The highest BCUT2D eigenvalue weighted by Gasteiger charge is 2.24. The molecule has 3 aromatic rings. The number of carbonyl (C=O) groups is 1. The molecule has 0 saturated carbocycles. The average Bonchev–Trinajstić information content (AvgIpc) is 2.93. The Bertz CT molecular complexity index is 803. The quantitative estimate of drug-likeness (QED) is 0.670. The molecule has 20 heavy (non-hydrogen) atoms. The number of rotatable bonds is 3.